The summed E-state index contributed by atoms with van der Waals surface area (Å²) in [5.74, 6) is -2.28. The van der Waals surface area contributed by atoms with Gasteiger partial charge in [-0.3, -0.25) is 9.59 Å². The minimum absolute atomic E-state index is 0.0524. The van der Waals surface area contributed by atoms with Crippen molar-refractivity contribution in [1.29, 1.82) is 5.26 Å². The maximum absolute atomic E-state index is 12.5. The number of nitrogens with zero attached hydrogens (tertiary/aromatic N) is 2. The van der Waals surface area contributed by atoms with E-state index in [1.807, 2.05) is 0 Å². The van der Waals surface area contributed by atoms with Crippen molar-refractivity contribution < 1.29 is 22.8 Å². The van der Waals surface area contributed by atoms with Crippen molar-refractivity contribution in [2.75, 3.05) is 13.1 Å². The van der Waals surface area contributed by atoms with Gasteiger partial charge in [-0.05, 0) is 37.0 Å². The third-order valence-electron chi connectivity index (χ3n) is 4.06. The number of Topliss-reactive ketones (excluding diaryl/α,β-unsaturated/α-hetero) is 1. The van der Waals surface area contributed by atoms with Gasteiger partial charge in [0.25, 0.3) is 0 Å². The van der Waals surface area contributed by atoms with Crippen LogP contribution in [-0.2, 0) is 22.2 Å². The van der Waals surface area contributed by atoms with Gasteiger partial charge in [0.05, 0.1) is 11.6 Å². The largest absolute Gasteiger partial charge is 0.416 e. The second-order valence-corrected chi connectivity index (χ2v) is 5.76. The van der Waals surface area contributed by atoms with Crippen molar-refractivity contribution in [2.24, 2.45) is 5.92 Å². The molecule has 1 atom stereocenters. The summed E-state index contributed by atoms with van der Waals surface area (Å²) >= 11 is 0. The molecule has 4 nitrogen and oxygen atoms in total. The van der Waals surface area contributed by atoms with Crippen molar-refractivity contribution in [3.8, 4) is 6.07 Å². The summed E-state index contributed by atoms with van der Waals surface area (Å²) in [5, 5.41) is 9.11. The Hall–Kier alpha value is -2.36. The highest BCUT2D eigenvalue weighted by atomic mass is 19.4. The second kappa shape index (κ2) is 7.47. The summed E-state index contributed by atoms with van der Waals surface area (Å²) in [6.07, 6.45) is -2.53. The fourth-order valence-corrected chi connectivity index (χ4v) is 2.66. The van der Waals surface area contributed by atoms with Crippen LogP contribution in [0.3, 0.4) is 0 Å². The molecule has 1 aromatic rings. The highest BCUT2D eigenvalue weighted by Gasteiger charge is 2.32. The zero-order valence-corrected chi connectivity index (χ0v) is 13.0. The lowest BCUT2D eigenvalue weighted by Crippen LogP contribution is -2.37. The number of halogens is 3. The molecular weight excluding hydrogens is 321 g/mol. The van der Waals surface area contributed by atoms with Crippen LogP contribution in [-0.4, -0.2) is 29.7 Å². The van der Waals surface area contributed by atoms with Crippen LogP contribution in [0.2, 0.25) is 0 Å². The topological polar surface area (TPSA) is 61.2 Å². The molecule has 0 saturated carbocycles. The van der Waals surface area contributed by atoms with Crippen molar-refractivity contribution in [2.45, 2.75) is 31.9 Å². The van der Waals surface area contributed by atoms with Crippen molar-refractivity contribution in [3.05, 3.63) is 35.4 Å². The van der Waals surface area contributed by atoms with E-state index in [1.54, 1.807) is 6.07 Å². The summed E-state index contributed by atoms with van der Waals surface area (Å²) in [4.78, 5) is 25.8. The Kier molecular flexibility index (Phi) is 5.60. The van der Waals surface area contributed by atoms with Gasteiger partial charge in [-0.1, -0.05) is 12.1 Å². The van der Waals surface area contributed by atoms with Gasteiger partial charge >= 0.3 is 6.18 Å². The molecule has 0 aromatic heterocycles. The molecule has 0 N–H and O–H groups in total. The van der Waals surface area contributed by atoms with E-state index < -0.39 is 29.3 Å². The smallest absolute Gasteiger partial charge is 0.341 e. The standard InChI is InChI=1S/C17H17F3N2O2/c18-17(19,20)13-6-3-12(4-7-13)5-8-15(23)14(11-21)16(24)22-9-1-2-10-22/h3-4,6-7,14H,1-2,5,8-10H2/t14-/m0/s1. The zero-order valence-electron chi connectivity index (χ0n) is 13.0. The van der Waals surface area contributed by atoms with Gasteiger partial charge in [-0.25, -0.2) is 0 Å². The van der Waals surface area contributed by atoms with E-state index in [2.05, 4.69) is 0 Å². The summed E-state index contributed by atoms with van der Waals surface area (Å²) in [7, 11) is 0. The predicted octanol–water partition coefficient (Wildman–Crippen LogP) is 2.97. The third-order valence-corrected chi connectivity index (χ3v) is 4.06. The number of likely N-dealkylation sites (tertiary alicyclic amines) is 1. The Morgan fingerprint density at radius 2 is 1.75 bits per heavy atom. The number of nitriles is 1. The minimum Gasteiger partial charge on any atom is -0.341 e. The molecule has 1 aliphatic heterocycles. The molecule has 1 fully saturated rings. The fraction of sp³-hybridized carbons (Fsp3) is 0.471. The van der Waals surface area contributed by atoms with Crippen LogP contribution in [0, 0.1) is 17.2 Å². The monoisotopic (exact) mass is 338 g/mol. The molecule has 7 heteroatoms. The maximum atomic E-state index is 12.5. The number of amides is 1. The van der Waals surface area contributed by atoms with Gasteiger partial charge in [-0.15, -0.1) is 0 Å². The molecular formula is C17H17F3N2O2. The molecule has 2 rings (SSSR count). The van der Waals surface area contributed by atoms with E-state index in [1.165, 1.54) is 17.0 Å². The molecule has 128 valence electrons. The lowest BCUT2D eigenvalue weighted by Gasteiger charge is -2.18. The van der Waals surface area contributed by atoms with E-state index in [0.29, 0.717) is 18.7 Å². The Morgan fingerprint density at radius 1 is 1.17 bits per heavy atom. The number of hydrogen-bond donors (Lipinski definition) is 0. The van der Waals surface area contributed by atoms with E-state index in [4.69, 9.17) is 5.26 Å². The molecule has 0 unspecified atom stereocenters. The van der Waals surface area contributed by atoms with Gasteiger partial charge in [0.2, 0.25) is 5.91 Å². The van der Waals surface area contributed by atoms with Crippen LogP contribution in [0.25, 0.3) is 0 Å². The van der Waals surface area contributed by atoms with Crippen LogP contribution < -0.4 is 0 Å². The Balaban J connectivity index is 1.93. The number of hydrogen-bond acceptors (Lipinski definition) is 3. The van der Waals surface area contributed by atoms with Crippen molar-refractivity contribution in [1.82, 2.24) is 4.90 Å². The molecule has 24 heavy (non-hydrogen) atoms. The highest BCUT2D eigenvalue weighted by Crippen LogP contribution is 2.29. The maximum Gasteiger partial charge on any atom is 0.416 e. The van der Waals surface area contributed by atoms with E-state index >= 15 is 0 Å². The first-order chi connectivity index (χ1) is 11.3. The van der Waals surface area contributed by atoms with Crippen molar-refractivity contribution >= 4 is 11.7 Å². The van der Waals surface area contributed by atoms with Crippen LogP contribution in [0.15, 0.2) is 24.3 Å². The number of aryl methyl sites for hydroxylation is 1. The van der Waals surface area contributed by atoms with Crippen LogP contribution in [0.5, 0.6) is 0 Å². The molecule has 1 aliphatic rings. The van der Waals surface area contributed by atoms with E-state index in [9.17, 15) is 22.8 Å². The Morgan fingerprint density at radius 3 is 2.25 bits per heavy atom. The predicted molar refractivity (Wildman–Crippen MR) is 79.7 cm³/mol. The molecule has 1 heterocycles. The van der Waals surface area contributed by atoms with E-state index in [0.717, 1.165) is 25.0 Å². The average molecular weight is 338 g/mol. The lowest BCUT2D eigenvalue weighted by molar-refractivity contribution is -0.139. The summed E-state index contributed by atoms with van der Waals surface area (Å²) in [6, 6.07) is 6.28. The fourth-order valence-electron chi connectivity index (χ4n) is 2.66. The normalized spacial score (nSPS) is 15.8. The van der Waals surface area contributed by atoms with Gasteiger partial charge in [0.15, 0.2) is 11.7 Å². The van der Waals surface area contributed by atoms with Crippen LogP contribution in [0.4, 0.5) is 13.2 Å². The zero-order chi connectivity index (χ0) is 17.7. The average Bonchev–Trinajstić information content (AvgIpc) is 3.07. The van der Waals surface area contributed by atoms with Gasteiger partial charge < -0.3 is 4.90 Å². The molecule has 0 bridgehead atoms. The molecule has 0 aliphatic carbocycles. The quantitative estimate of drug-likeness (QED) is 0.776. The Labute approximate surface area is 137 Å². The molecule has 0 spiro atoms. The number of ketones is 1. The number of rotatable bonds is 5. The first-order valence-corrected chi connectivity index (χ1v) is 7.70. The Bertz CT molecular complexity index is 641. The molecule has 1 amide bonds. The van der Waals surface area contributed by atoms with Crippen LogP contribution >= 0.6 is 0 Å². The lowest BCUT2D eigenvalue weighted by atomic mass is 9.97. The number of carbonyl (C=O) groups excluding carboxylic acids is 2. The SMILES string of the molecule is N#C[C@@H](C(=O)CCc1ccc(C(F)(F)F)cc1)C(=O)N1CCCC1. The number of carbonyl (C=O) groups is 2. The van der Waals surface area contributed by atoms with Gasteiger partial charge in [0.1, 0.15) is 0 Å². The second-order valence-electron chi connectivity index (χ2n) is 5.76. The van der Waals surface area contributed by atoms with Crippen LogP contribution in [0.1, 0.15) is 30.4 Å². The molecule has 1 aromatic carbocycles. The van der Waals surface area contributed by atoms with E-state index in [-0.39, 0.29) is 12.8 Å². The first-order valence-electron chi connectivity index (χ1n) is 7.70. The number of benzene rings is 1. The summed E-state index contributed by atoms with van der Waals surface area (Å²) in [5.41, 5.74) is -0.196. The van der Waals surface area contributed by atoms with Gasteiger partial charge in [-0.2, -0.15) is 18.4 Å². The van der Waals surface area contributed by atoms with Crippen molar-refractivity contribution in [3.63, 3.8) is 0 Å². The summed E-state index contributed by atoms with van der Waals surface area (Å²) in [6.45, 7) is 1.12. The minimum atomic E-state index is -4.40. The summed E-state index contributed by atoms with van der Waals surface area (Å²) < 4.78 is 37.5. The molecule has 0 radical (unpaired) electrons. The first kappa shape index (κ1) is 18.0. The van der Waals surface area contributed by atoms with Gasteiger partial charge in [0, 0.05) is 19.5 Å². The highest BCUT2D eigenvalue weighted by molar-refractivity contribution is 6.04. The molecule has 1 saturated heterocycles. The number of alkyl halides is 3. The third kappa shape index (κ3) is 4.34.